The third-order valence-electron chi connectivity index (χ3n) is 4.02. The Kier molecular flexibility index (Phi) is 5.34. The van der Waals surface area contributed by atoms with E-state index in [1.165, 1.54) is 30.5 Å². The van der Waals surface area contributed by atoms with E-state index in [1.807, 2.05) is 0 Å². The molecule has 0 aliphatic carbocycles. The van der Waals surface area contributed by atoms with Gasteiger partial charge >= 0.3 is 5.57 Å². The van der Waals surface area contributed by atoms with Crippen molar-refractivity contribution in [1.82, 2.24) is 4.98 Å². The lowest BCUT2D eigenvalue weighted by molar-refractivity contribution is -0.0964. The Morgan fingerprint density at radius 1 is 1.42 bits per heavy atom. The van der Waals surface area contributed by atoms with Crippen molar-refractivity contribution in [3.63, 3.8) is 0 Å². The van der Waals surface area contributed by atoms with Crippen LogP contribution in [0.25, 0.3) is 0 Å². The summed E-state index contributed by atoms with van der Waals surface area (Å²) in [7, 11) is 0. The van der Waals surface area contributed by atoms with Crippen LogP contribution < -0.4 is 15.0 Å². The lowest BCUT2D eigenvalue weighted by Gasteiger charge is -2.40. The summed E-state index contributed by atoms with van der Waals surface area (Å²) in [5.74, 6) is 0.335. The molecular weight excluding hydrogens is 432 g/mol. The number of pyridine rings is 1. The Balaban J connectivity index is 1.67. The molecule has 1 saturated heterocycles. The zero-order chi connectivity index (χ0) is 18.9. The summed E-state index contributed by atoms with van der Waals surface area (Å²) < 4.78 is 30.1. The van der Waals surface area contributed by atoms with Gasteiger partial charge < -0.3 is 15.0 Å². The summed E-state index contributed by atoms with van der Waals surface area (Å²) in [6.45, 7) is 3.06. The van der Waals surface area contributed by atoms with Crippen molar-refractivity contribution >= 4 is 44.9 Å². The van der Waals surface area contributed by atoms with Crippen molar-refractivity contribution in [2.24, 2.45) is 0 Å². The molecule has 1 aromatic carbocycles. The first-order valence-electron chi connectivity index (χ1n) is 7.82. The highest BCUT2D eigenvalue weighted by Gasteiger charge is 2.28. The summed E-state index contributed by atoms with van der Waals surface area (Å²) in [6.07, 6.45) is 2.62. The van der Waals surface area contributed by atoms with Crippen molar-refractivity contribution in [2.75, 3.05) is 16.8 Å². The second kappa shape index (κ2) is 7.36. The molecule has 138 valence electrons. The van der Waals surface area contributed by atoms with E-state index in [0.29, 0.717) is 17.3 Å². The molecule has 26 heavy (non-hydrogen) atoms. The minimum Gasteiger partial charge on any atom is -0.420 e. The van der Waals surface area contributed by atoms with Gasteiger partial charge in [-0.3, -0.25) is 4.79 Å². The first-order valence-corrected chi connectivity index (χ1v) is 8.99. The van der Waals surface area contributed by atoms with E-state index in [-0.39, 0.29) is 11.7 Å². The van der Waals surface area contributed by atoms with E-state index in [9.17, 15) is 13.6 Å². The zero-order valence-corrected chi connectivity index (χ0v) is 16.0. The fourth-order valence-corrected chi connectivity index (χ4v) is 3.21. The highest BCUT2D eigenvalue weighted by atomic mass is 79.9. The summed E-state index contributed by atoms with van der Waals surface area (Å²) in [6, 6.07) is 7.58. The Morgan fingerprint density at radius 2 is 2.12 bits per heavy atom. The highest BCUT2D eigenvalue weighted by Crippen LogP contribution is 2.31. The number of anilines is 2. The normalized spacial score (nSPS) is 16.8. The van der Waals surface area contributed by atoms with Crippen molar-refractivity contribution in [2.45, 2.75) is 25.0 Å². The fourth-order valence-electron chi connectivity index (χ4n) is 2.54. The number of halogens is 4. The number of nitrogens with one attached hydrogen (secondary N) is 1. The van der Waals surface area contributed by atoms with E-state index in [4.69, 9.17) is 11.6 Å². The van der Waals surface area contributed by atoms with Gasteiger partial charge in [0.25, 0.3) is 5.91 Å². The van der Waals surface area contributed by atoms with Gasteiger partial charge in [0.1, 0.15) is 11.6 Å². The maximum Gasteiger partial charge on any atom is 0.487 e. The maximum atomic E-state index is 12.6. The van der Waals surface area contributed by atoms with Crippen molar-refractivity contribution in [3.8, 4) is 5.75 Å². The van der Waals surface area contributed by atoms with Crippen molar-refractivity contribution in [3.05, 3.63) is 46.6 Å². The first kappa shape index (κ1) is 18.8. The molecule has 0 spiro atoms. The SMILES string of the molecule is C[C@H]1CCN1c1ncc(C(=O)Nc2ccc(OC(F)(F)Cl)cc2)cc1Br. The summed E-state index contributed by atoms with van der Waals surface area (Å²) in [5, 5.41) is 2.67. The molecule has 0 bridgehead atoms. The maximum absolute atomic E-state index is 12.6. The van der Waals surface area contributed by atoms with Gasteiger partial charge in [-0.1, -0.05) is 0 Å². The average Bonchev–Trinajstić information content (AvgIpc) is 2.55. The van der Waals surface area contributed by atoms with Gasteiger partial charge in [-0.25, -0.2) is 4.98 Å². The first-order chi connectivity index (χ1) is 12.2. The number of alkyl halides is 3. The molecule has 1 aromatic heterocycles. The number of hydrogen-bond acceptors (Lipinski definition) is 4. The lowest BCUT2D eigenvalue weighted by Crippen LogP contribution is -2.46. The van der Waals surface area contributed by atoms with Crippen LogP contribution in [-0.2, 0) is 0 Å². The number of nitrogens with zero attached hydrogens (tertiary/aromatic N) is 2. The predicted octanol–water partition coefficient (Wildman–Crippen LogP) is 4.86. The standard InChI is InChI=1S/C17H15BrClF2N3O2/c1-10-6-7-24(10)15-14(18)8-11(9-22-15)16(25)23-12-2-4-13(5-3-12)26-17(19,20)21/h2-5,8-10H,6-7H2,1H3,(H,23,25)/t10-/m0/s1. The molecule has 3 rings (SSSR count). The molecule has 0 radical (unpaired) electrons. The van der Waals surface area contributed by atoms with E-state index < -0.39 is 5.57 Å². The molecule has 9 heteroatoms. The zero-order valence-electron chi connectivity index (χ0n) is 13.7. The van der Waals surface area contributed by atoms with Crippen LogP contribution in [0.3, 0.4) is 0 Å². The van der Waals surface area contributed by atoms with Crippen LogP contribution >= 0.6 is 27.5 Å². The van der Waals surface area contributed by atoms with E-state index in [2.05, 4.69) is 42.8 Å². The Labute approximate surface area is 162 Å². The molecule has 2 aromatic rings. The fraction of sp³-hybridized carbons (Fsp3) is 0.294. The van der Waals surface area contributed by atoms with Crippen LogP contribution in [0.15, 0.2) is 41.0 Å². The van der Waals surface area contributed by atoms with Gasteiger partial charge in [0.2, 0.25) is 0 Å². The van der Waals surface area contributed by atoms with E-state index in [1.54, 1.807) is 6.07 Å². The molecule has 5 nitrogen and oxygen atoms in total. The number of hydrogen-bond donors (Lipinski definition) is 1. The molecule has 2 heterocycles. The molecule has 1 atom stereocenters. The minimum absolute atomic E-state index is 0.111. The number of aromatic nitrogens is 1. The molecule has 1 N–H and O–H groups in total. The van der Waals surface area contributed by atoms with Gasteiger partial charge in [0.15, 0.2) is 0 Å². The van der Waals surface area contributed by atoms with Crippen LogP contribution in [0.2, 0.25) is 0 Å². The largest absolute Gasteiger partial charge is 0.487 e. The number of carbonyl (C=O) groups is 1. The average molecular weight is 447 g/mol. The van der Waals surface area contributed by atoms with Gasteiger partial charge in [0.05, 0.1) is 10.0 Å². The number of benzene rings is 1. The molecular formula is C17H15BrClF2N3O2. The monoisotopic (exact) mass is 445 g/mol. The van der Waals surface area contributed by atoms with E-state index >= 15 is 0 Å². The highest BCUT2D eigenvalue weighted by molar-refractivity contribution is 9.10. The number of amides is 1. The molecule has 1 aliphatic rings. The number of rotatable bonds is 5. The molecule has 1 aliphatic heterocycles. The van der Waals surface area contributed by atoms with Crippen molar-refractivity contribution in [1.29, 1.82) is 0 Å². The Morgan fingerprint density at radius 3 is 2.62 bits per heavy atom. The second-order valence-electron chi connectivity index (χ2n) is 5.89. The van der Waals surface area contributed by atoms with Gasteiger partial charge in [-0.05, 0) is 59.6 Å². The van der Waals surface area contributed by atoms with Gasteiger partial charge in [-0.15, -0.1) is 8.78 Å². The van der Waals surface area contributed by atoms with Crippen LogP contribution in [-0.4, -0.2) is 29.0 Å². The van der Waals surface area contributed by atoms with Crippen LogP contribution in [0.4, 0.5) is 20.3 Å². The van der Waals surface area contributed by atoms with Crippen LogP contribution in [0.5, 0.6) is 5.75 Å². The van der Waals surface area contributed by atoms with E-state index in [0.717, 1.165) is 23.3 Å². The second-order valence-corrected chi connectivity index (χ2v) is 7.18. The molecule has 0 unspecified atom stereocenters. The molecule has 1 fully saturated rings. The molecule has 1 amide bonds. The summed E-state index contributed by atoms with van der Waals surface area (Å²) in [5.41, 5.74) is -2.98. The molecule has 0 saturated carbocycles. The van der Waals surface area contributed by atoms with Crippen LogP contribution in [0.1, 0.15) is 23.7 Å². The minimum atomic E-state index is -3.78. The van der Waals surface area contributed by atoms with Crippen LogP contribution in [0, 0.1) is 0 Å². The Hall–Kier alpha value is -1.93. The predicted molar refractivity (Wildman–Crippen MR) is 99.2 cm³/mol. The summed E-state index contributed by atoms with van der Waals surface area (Å²) in [4.78, 5) is 18.9. The number of carbonyl (C=O) groups excluding carboxylic acids is 1. The number of ether oxygens (including phenoxy) is 1. The quantitative estimate of drug-likeness (QED) is 0.666. The lowest BCUT2D eigenvalue weighted by atomic mass is 10.1. The third-order valence-corrected chi connectivity index (χ3v) is 4.68. The van der Waals surface area contributed by atoms with Crippen molar-refractivity contribution < 1.29 is 18.3 Å². The summed E-state index contributed by atoms with van der Waals surface area (Å²) >= 11 is 8.16. The van der Waals surface area contributed by atoms with Gasteiger partial charge in [-0.2, -0.15) is 0 Å². The smallest absolute Gasteiger partial charge is 0.420 e. The Bertz CT molecular complexity index is 815. The topological polar surface area (TPSA) is 54.5 Å². The van der Waals surface area contributed by atoms with Gasteiger partial charge in [0, 0.05) is 36.1 Å². The third kappa shape index (κ3) is 4.42.